The second-order valence-corrected chi connectivity index (χ2v) is 5.76. The van der Waals surface area contributed by atoms with E-state index in [2.05, 4.69) is 6.92 Å². The van der Waals surface area contributed by atoms with Crippen LogP contribution in [0.4, 0.5) is 0 Å². The van der Waals surface area contributed by atoms with Crippen LogP contribution < -0.4 is 0 Å². The Balaban J connectivity index is 2.13. The zero-order valence-electron chi connectivity index (χ0n) is 12.2. The highest BCUT2D eigenvalue weighted by molar-refractivity contribution is 5.18. The highest BCUT2D eigenvalue weighted by atomic mass is 16.8. The summed E-state index contributed by atoms with van der Waals surface area (Å²) in [5, 5.41) is 10.5. The van der Waals surface area contributed by atoms with Crippen LogP contribution in [0.15, 0.2) is 30.3 Å². The summed E-state index contributed by atoms with van der Waals surface area (Å²) in [5.41, 5.74) is 0.929. The average molecular weight is 264 g/mol. The quantitative estimate of drug-likeness (QED) is 0.907. The van der Waals surface area contributed by atoms with Crippen LogP contribution in [0.3, 0.4) is 0 Å². The summed E-state index contributed by atoms with van der Waals surface area (Å²) >= 11 is 0. The van der Waals surface area contributed by atoms with E-state index in [1.807, 2.05) is 51.1 Å². The number of benzene rings is 1. The van der Waals surface area contributed by atoms with Crippen LogP contribution >= 0.6 is 0 Å². The van der Waals surface area contributed by atoms with Crippen molar-refractivity contribution in [2.24, 2.45) is 5.92 Å². The second-order valence-electron chi connectivity index (χ2n) is 5.76. The first-order chi connectivity index (χ1) is 8.94. The van der Waals surface area contributed by atoms with Gasteiger partial charge in [0.1, 0.15) is 0 Å². The fraction of sp³-hybridized carbons (Fsp3) is 0.625. The maximum Gasteiger partial charge on any atom is 0.163 e. The van der Waals surface area contributed by atoms with Gasteiger partial charge >= 0.3 is 0 Å². The molecular formula is C16H24O3. The number of hydrogen-bond donors (Lipinski definition) is 1. The Kier molecular flexibility index (Phi) is 4.29. The summed E-state index contributed by atoms with van der Waals surface area (Å²) in [6, 6.07) is 9.73. The summed E-state index contributed by atoms with van der Waals surface area (Å²) < 4.78 is 11.9. The summed E-state index contributed by atoms with van der Waals surface area (Å²) in [7, 11) is 0. The molecule has 3 nitrogen and oxygen atoms in total. The van der Waals surface area contributed by atoms with E-state index >= 15 is 0 Å². The van der Waals surface area contributed by atoms with E-state index in [0.717, 1.165) is 12.0 Å². The van der Waals surface area contributed by atoms with Gasteiger partial charge in [-0.05, 0) is 25.8 Å². The number of hydrogen-bond acceptors (Lipinski definition) is 3. The largest absolute Gasteiger partial charge is 0.388 e. The highest BCUT2D eigenvalue weighted by Gasteiger charge is 2.44. The van der Waals surface area contributed by atoms with Crippen molar-refractivity contribution in [3.8, 4) is 0 Å². The fourth-order valence-electron chi connectivity index (χ4n) is 2.76. The predicted octanol–water partition coefficient (Wildman–Crippen LogP) is 3.29. The van der Waals surface area contributed by atoms with E-state index < -0.39 is 11.9 Å². The zero-order valence-corrected chi connectivity index (χ0v) is 12.2. The third-order valence-electron chi connectivity index (χ3n) is 3.78. The van der Waals surface area contributed by atoms with Gasteiger partial charge < -0.3 is 14.6 Å². The van der Waals surface area contributed by atoms with Crippen molar-refractivity contribution in [2.45, 2.75) is 58.2 Å². The fourth-order valence-corrected chi connectivity index (χ4v) is 2.76. The summed E-state index contributed by atoms with van der Waals surface area (Å²) in [4.78, 5) is 0. The topological polar surface area (TPSA) is 38.7 Å². The molecule has 0 bridgehead atoms. The van der Waals surface area contributed by atoms with E-state index in [4.69, 9.17) is 9.47 Å². The minimum Gasteiger partial charge on any atom is -0.388 e. The van der Waals surface area contributed by atoms with Crippen molar-refractivity contribution < 1.29 is 14.6 Å². The zero-order chi connectivity index (χ0) is 14.0. The molecule has 19 heavy (non-hydrogen) atoms. The van der Waals surface area contributed by atoms with Gasteiger partial charge in [-0.2, -0.15) is 0 Å². The molecule has 1 saturated heterocycles. The minimum absolute atomic E-state index is 0.00544. The molecule has 0 radical (unpaired) electrons. The van der Waals surface area contributed by atoms with Crippen LogP contribution in [0.5, 0.6) is 0 Å². The van der Waals surface area contributed by atoms with Gasteiger partial charge in [-0.1, -0.05) is 44.2 Å². The smallest absolute Gasteiger partial charge is 0.163 e. The molecule has 1 aliphatic heterocycles. The first kappa shape index (κ1) is 14.5. The molecule has 0 aliphatic carbocycles. The van der Waals surface area contributed by atoms with Crippen molar-refractivity contribution >= 4 is 0 Å². The Morgan fingerprint density at radius 1 is 1.21 bits per heavy atom. The van der Waals surface area contributed by atoms with Gasteiger partial charge in [0, 0.05) is 5.92 Å². The number of ether oxygens (including phenoxy) is 2. The molecular weight excluding hydrogens is 240 g/mol. The van der Waals surface area contributed by atoms with Crippen molar-refractivity contribution in [3.63, 3.8) is 0 Å². The molecule has 0 spiro atoms. The average Bonchev–Trinajstić information content (AvgIpc) is 2.73. The van der Waals surface area contributed by atoms with Crippen LogP contribution in [0.25, 0.3) is 0 Å². The van der Waals surface area contributed by atoms with Gasteiger partial charge in [0.15, 0.2) is 5.79 Å². The maximum atomic E-state index is 10.5. The first-order valence-electron chi connectivity index (χ1n) is 7.03. The first-order valence-corrected chi connectivity index (χ1v) is 7.03. The third kappa shape index (κ3) is 3.16. The van der Waals surface area contributed by atoms with Crippen LogP contribution in [0.2, 0.25) is 0 Å². The summed E-state index contributed by atoms with van der Waals surface area (Å²) in [6.07, 6.45) is 0.330. The lowest BCUT2D eigenvalue weighted by atomic mass is 9.89. The SMILES string of the molecule is CC[C@@H]1OC(C)(C)O[C@@H]1[C@@H](C)[C@H](O)c1ccccc1. The Morgan fingerprint density at radius 2 is 1.84 bits per heavy atom. The lowest BCUT2D eigenvalue weighted by Crippen LogP contribution is -2.33. The third-order valence-corrected chi connectivity index (χ3v) is 3.78. The van der Waals surface area contributed by atoms with E-state index in [9.17, 15) is 5.11 Å². The van der Waals surface area contributed by atoms with Crippen molar-refractivity contribution in [3.05, 3.63) is 35.9 Å². The normalized spacial score (nSPS) is 29.1. The van der Waals surface area contributed by atoms with Crippen LogP contribution in [0.1, 0.15) is 45.8 Å². The predicted molar refractivity (Wildman–Crippen MR) is 74.7 cm³/mol. The van der Waals surface area contributed by atoms with Crippen LogP contribution in [-0.2, 0) is 9.47 Å². The van der Waals surface area contributed by atoms with Crippen molar-refractivity contribution in [2.75, 3.05) is 0 Å². The molecule has 1 aromatic rings. The maximum absolute atomic E-state index is 10.5. The molecule has 0 aromatic heterocycles. The number of rotatable bonds is 4. The lowest BCUT2D eigenvalue weighted by Gasteiger charge is -2.27. The van der Waals surface area contributed by atoms with E-state index in [0.29, 0.717) is 0 Å². The molecule has 3 heteroatoms. The summed E-state index contributed by atoms with van der Waals surface area (Å²) in [5.74, 6) is -0.565. The Hall–Kier alpha value is -0.900. The van der Waals surface area contributed by atoms with Gasteiger partial charge in [0.2, 0.25) is 0 Å². The Bertz CT molecular complexity index is 402. The van der Waals surface area contributed by atoms with Crippen LogP contribution in [0, 0.1) is 5.92 Å². The molecule has 0 saturated carbocycles. The minimum atomic E-state index is -0.560. The van der Waals surface area contributed by atoms with E-state index in [1.54, 1.807) is 0 Å². The van der Waals surface area contributed by atoms with Gasteiger partial charge in [-0.25, -0.2) is 0 Å². The lowest BCUT2D eigenvalue weighted by molar-refractivity contribution is -0.153. The molecule has 1 fully saturated rings. The van der Waals surface area contributed by atoms with Crippen molar-refractivity contribution in [1.82, 2.24) is 0 Å². The molecule has 4 atom stereocenters. The monoisotopic (exact) mass is 264 g/mol. The molecule has 1 heterocycles. The number of aliphatic hydroxyl groups excluding tert-OH is 1. The Morgan fingerprint density at radius 3 is 2.42 bits per heavy atom. The van der Waals surface area contributed by atoms with E-state index in [-0.39, 0.29) is 18.1 Å². The van der Waals surface area contributed by atoms with Crippen LogP contribution in [-0.4, -0.2) is 23.1 Å². The van der Waals surface area contributed by atoms with Gasteiger partial charge in [0.05, 0.1) is 18.3 Å². The molecule has 2 rings (SSSR count). The summed E-state index contributed by atoms with van der Waals surface area (Å²) in [6.45, 7) is 7.97. The standard InChI is InChI=1S/C16H24O3/c1-5-13-15(19-16(3,4)18-13)11(2)14(17)12-9-7-6-8-10-12/h6-11,13-15,17H,5H2,1-4H3/t11-,13-,14-,15+/m0/s1. The molecule has 1 N–H and O–H groups in total. The molecule has 1 aromatic carbocycles. The Labute approximate surface area is 115 Å². The van der Waals surface area contributed by atoms with Gasteiger partial charge in [-0.15, -0.1) is 0 Å². The van der Waals surface area contributed by atoms with Gasteiger partial charge in [0.25, 0.3) is 0 Å². The molecule has 106 valence electrons. The number of aliphatic hydroxyl groups is 1. The molecule has 0 unspecified atom stereocenters. The molecule has 0 amide bonds. The molecule has 1 aliphatic rings. The second kappa shape index (κ2) is 5.61. The van der Waals surface area contributed by atoms with E-state index in [1.165, 1.54) is 0 Å². The van der Waals surface area contributed by atoms with Crippen molar-refractivity contribution in [1.29, 1.82) is 0 Å². The highest BCUT2D eigenvalue weighted by Crippen LogP contribution is 2.38. The van der Waals surface area contributed by atoms with Gasteiger partial charge in [-0.3, -0.25) is 0 Å².